The van der Waals surface area contributed by atoms with Crippen molar-refractivity contribution in [2.45, 2.75) is 19.4 Å². The first kappa shape index (κ1) is 13.9. The molecule has 1 amide bonds. The van der Waals surface area contributed by atoms with Crippen molar-refractivity contribution in [1.29, 1.82) is 0 Å². The summed E-state index contributed by atoms with van der Waals surface area (Å²) >= 11 is 0. The average molecular weight is 253 g/mol. The second kappa shape index (κ2) is 5.97. The van der Waals surface area contributed by atoms with Crippen molar-refractivity contribution in [3.63, 3.8) is 0 Å². The summed E-state index contributed by atoms with van der Waals surface area (Å²) in [6.45, 7) is 1.88. The summed E-state index contributed by atoms with van der Waals surface area (Å²) in [5, 5.41) is 22.2. The number of carbonyl (C=O) groups excluding carboxylic acids is 1. The third-order valence-corrected chi connectivity index (χ3v) is 2.37. The van der Waals surface area contributed by atoms with Crippen LogP contribution in [-0.4, -0.2) is 28.6 Å². The summed E-state index contributed by atoms with van der Waals surface area (Å²) in [5.74, 6) is -0.489. The Kier molecular flexibility index (Phi) is 4.61. The first-order valence-corrected chi connectivity index (χ1v) is 5.42. The second-order valence-electron chi connectivity index (χ2n) is 3.89. The van der Waals surface area contributed by atoms with Gasteiger partial charge in [-0.1, -0.05) is 6.07 Å². The van der Waals surface area contributed by atoms with Crippen LogP contribution in [0.3, 0.4) is 0 Å². The molecule has 1 aromatic rings. The predicted molar refractivity (Wildman–Crippen MR) is 66.1 cm³/mol. The van der Waals surface area contributed by atoms with Crippen molar-refractivity contribution in [1.82, 2.24) is 5.32 Å². The maximum Gasteiger partial charge on any atom is 0.292 e. The first-order chi connectivity index (χ1) is 8.43. The molecule has 0 spiro atoms. The fourth-order valence-electron chi connectivity index (χ4n) is 1.40. The summed E-state index contributed by atoms with van der Waals surface area (Å²) in [5.41, 5.74) is 5.18. The highest BCUT2D eigenvalue weighted by Crippen LogP contribution is 2.24. The number of nitrogens with one attached hydrogen (secondary N) is 1. The first-order valence-electron chi connectivity index (χ1n) is 5.42. The summed E-state index contributed by atoms with van der Waals surface area (Å²) in [6, 6.07) is 4.06. The van der Waals surface area contributed by atoms with E-state index in [4.69, 9.17) is 10.8 Å². The molecule has 0 bridgehead atoms. The lowest BCUT2D eigenvalue weighted by atomic mass is 10.1. The monoisotopic (exact) mass is 253 g/mol. The highest BCUT2D eigenvalue weighted by Gasteiger charge is 2.18. The number of nitro groups is 1. The van der Waals surface area contributed by atoms with E-state index in [0.29, 0.717) is 6.42 Å². The van der Waals surface area contributed by atoms with E-state index >= 15 is 0 Å². The van der Waals surface area contributed by atoms with Crippen LogP contribution in [0.5, 0.6) is 0 Å². The Morgan fingerprint density at radius 2 is 2.28 bits per heavy atom. The molecule has 1 atom stereocenters. The van der Waals surface area contributed by atoms with Gasteiger partial charge in [0.25, 0.3) is 11.6 Å². The molecule has 0 aliphatic carbocycles. The zero-order chi connectivity index (χ0) is 13.7. The van der Waals surface area contributed by atoms with Gasteiger partial charge in [-0.2, -0.15) is 0 Å². The van der Waals surface area contributed by atoms with E-state index in [1.165, 1.54) is 18.2 Å². The number of hydrogen-bond donors (Lipinski definition) is 3. The predicted octanol–water partition coefficient (Wildman–Crippen LogP) is 0.678. The number of rotatable bonds is 5. The van der Waals surface area contributed by atoms with E-state index in [1.807, 2.05) is 0 Å². The van der Waals surface area contributed by atoms with Crippen molar-refractivity contribution in [2.75, 3.05) is 12.3 Å². The van der Waals surface area contributed by atoms with Crippen LogP contribution in [0.2, 0.25) is 0 Å². The molecule has 1 unspecified atom stereocenters. The molecule has 1 aromatic carbocycles. The SMILES string of the molecule is CC(O)CCNC(=O)c1cccc([N+](=O)[O-])c1N. The molecule has 4 N–H and O–H groups in total. The molecule has 18 heavy (non-hydrogen) atoms. The normalized spacial score (nSPS) is 11.9. The van der Waals surface area contributed by atoms with Crippen molar-refractivity contribution < 1.29 is 14.8 Å². The molecular weight excluding hydrogens is 238 g/mol. The molecule has 0 aromatic heterocycles. The number of aliphatic hydroxyl groups excluding tert-OH is 1. The molecule has 0 radical (unpaired) electrons. The molecule has 7 nitrogen and oxygen atoms in total. The number of para-hydroxylation sites is 1. The van der Waals surface area contributed by atoms with Gasteiger partial charge < -0.3 is 16.2 Å². The fourth-order valence-corrected chi connectivity index (χ4v) is 1.40. The van der Waals surface area contributed by atoms with Gasteiger partial charge in [-0.25, -0.2) is 0 Å². The van der Waals surface area contributed by atoms with Crippen LogP contribution in [0.25, 0.3) is 0 Å². The molecule has 0 saturated heterocycles. The van der Waals surface area contributed by atoms with E-state index in [2.05, 4.69) is 5.32 Å². The smallest absolute Gasteiger partial charge is 0.292 e. The zero-order valence-corrected chi connectivity index (χ0v) is 9.92. The number of nitrogens with two attached hydrogens (primary N) is 1. The standard InChI is InChI=1S/C11H15N3O4/c1-7(15)5-6-13-11(16)8-3-2-4-9(10(8)12)14(17)18/h2-4,7,15H,5-6,12H2,1H3,(H,13,16). The van der Waals surface area contributed by atoms with Crippen LogP contribution in [0.4, 0.5) is 11.4 Å². The Labute approximate surface area is 104 Å². The van der Waals surface area contributed by atoms with Gasteiger partial charge in [-0.15, -0.1) is 0 Å². The van der Waals surface area contributed by atoms with Crippen LogP contribution in [0, 0.1) is 10.1 Å². The van der Waals surface area contributed by atoms with Gasteiger partial charge in [0, 0.05) is 12.6 Å². The van der Waals surface area contributed by atoms with E-state index in [9.17, 15) is 14.9 Å². The van der Waals surface area contributed by atoms with Gasteiger partial charge in [-0.3, -0.25) is 14.9 Å². The van der Waals surface area contributed by atoms with Gasteiger partial charge in [-0.05, 0) is 19.4 Å². The van der Waals surface area contributed by atoms with Crippen molar-refractivity contribution >= 4 is 17.3 Å². The number of benzene rings is 1. The highest BCUT2D eigenvalue weighted by molar-refractivity contribution is 6.00. The Balaban J connectivity index is 2.80. The Morgan fingerprint density at radius 1 is 1.61 bits per heavy atom. The average Bonchev–Trinajstić information content (AvgIpc) is 2.28. The van der Waals surface area contributed by atoms with Gasteiger partial charge in [0.15, 0.2) is 0 Å². The van der Waals surface area contributed by atoms with Crippen molar-refractivity contribution in [3.8, 4) is 0 Å². The minimum absolute atomic E-state index is 0.0646. The van der Waals surface area contributed by atoms with Gasteiger partial charge in [0.05, 0.1) is 16.6 Å². The Hall–Kier alpha value is -2.15. The van der Waals surface area contributed by atoms with Gasteiger partial charge in [0.1, 0.15) is 5.69 Å². The van der Waals surface area contributed by atoms with Crippen LogP contribution in [0.1, 0.15) is 23.7 Å². The summed E-state index contributed by atoms with van der Waals surface area (Å²) in [6.07, 6.45) is -0.117. The lowest BCUT2D eigenvalue weighted by Crippen LogP contribution is -2.27. The van der Waals surface area contributed by atoms with E-state index in [1.54, 1.807) is 6.92 Å². The molecule has 0 heterocycles. The number of nitrogen functional groups attached to an aromatic ring is 1. The molecule has 98 valence electrons. The number of aliphatic hydroxyl groups is 1. The Morgan fingerprint density at radius 3 is 2.83 bits per heavy atom. The molecule has 1 rings (SSSR count). The second-order valence-corrected chi connectivity index (χ2v) is 3.89. The quantitative estimate of drug-likeness (QED) is 0.405. The molecule has 0 aliphatic rings. The summed E-state index contributed by atoms with van der Waals surface area (Å²) in [4.78, 5) is 21.8. The topological polar surface area (TPSA) is 118 Å². The van der Waals surface area contributed by atoms with E-state index < -0.39 is 16.9 Å². The summed E-state index contributed by atoms with van der Waals surface area (Å²) in [7, 11) is 0. The molecule has 0 fully saturated rings. The van der Waals surface area contributed by atoms with Crippen molar-refractivity contribution in [2.24, 2.45) is 0 Å². The van der Waals surface area contributed by atoms with E-state index in [0.717, 1.165) is 0 Å². The molecule has 0 aliphatic heterocycles. The third kappa shape index (κ3) is 3.42. The van der Waals surface area contributed by atoms with Crippen LogP contribution in [0.15, 0.2) is 18.2 Å². The largest absolute Gasteiger partial charge is 0.393 e. The van der Waals surface area contributed by atoms with Crippen LogP contribution < -0.4 is 11.1 Å². The van der Waals surface area contributed by atoms with Crippen LogP contribution >= 0.6 is 0 Å². The third-order valence-electron chi connectivity index (χ3n) is 2.37. The lowest BCUT2D eigenvalue weighted by molar-refractivity contribution is -0.383. The minimum atomic E-state index is -0.637. The van der Waals surface area contributed by atoms with E-state index in [-0.39, 0.29) is 23.5 Å². The molecular formula is C11H15N3O4. The maximum absolute atomic E-state index is 11.7. The number of hydrogen-bond acceptors (Lipinski definition) is 5. The van der Waals surface area contributed by atoms with Crippen LogP contribution in [-0.2, 0) is 0 Å². The highest BCUT2D eigenvalue weighted by atomic mass is 16.6. The number of anilines is 1. The van der Waals surface area contributed by atoms with Crippen molar-refractivity contribution in [3.05, 3.63) is 33.9 Å². The number of amides is 1. The number of nitrogens with zero attached hydrogens (tertiary/aromatic N) is 1. The Bertz CT molecular complexity index is 460. The maximum atomic E-state index is 11.7. The lowest BCUT2D eigenvalue weighted by Gasteiger charge is -2.08. The molecule has 7 heteroatoms. The summed E-state index contributed by atoms with van der Waals surface area (Å²) < 4.78 is 0. The fraction of sp³-hybridized carbons (Fsp3) is 0.364. The minimum Gasteiger partial charge on any atom is -0.393 e. The van der Waals surface area contributed by atoms with Gasteiger partial charge >= 0.3 is 0 Å². The van der Waals surface area contributed by atoms with Gasteiger partial charge in [0.2, 0.25) is 0 Å². The number of nitro benzene ring substituents is 1. The number of carbonyl (C=O) groups is 1. The molecule has 0 saturated carbocycles. The zero-order valence-electron chi connectivity index (χ0n) is 9.92.